The highest BCUT2D eigenvalue weighted by atomic mass is 16.5. The lowest BCUT2D eigenvalue weighted by Crippen LogP contribution is -2.52. The molecule has 0 atom stereocenters. The molecule has 3 aliphatic heterocycles. The van der Waals surface area contributed by atoms with Crippen molar-refractivity contribution in [2.45, 2.75) is 24.9 Å². The maximum absolute atomic E-state index is 13.5. The van der Waals surface area contributed by atoms with Gasteiger partial charge in [0.25, 0.3) is 5.91 Å². The second-order valence-corrected chi connectivity index (χ2v) is 10.6. The van der Waals surface area contributed by atoms with Crippen LogP contribution >= 0.6 is 0 Å². The van der Waals surface area contributed by atoms with Crippen LogP contribution in [0.3, 0.4) is 0 Å². The molecule has 0 bridgehead atoms. The first-order chi connectivity index (χ1) is 19.8. The predicted molar refractivity (Wildman–Crippen MR) is 150 cm³/mol. The van der Waals surface area contributed by atoms with Gasteiger partial charge >= 0.3 is 0 Å². The molecule has 0 saturated carbocycles. The Hall–Kier alpha value is -4.38. The number of Topliss-reactive ketones (excluding diaryl/α,β-unsaturated/α-hetero) is 1. The molecule has 0 unspecified atom stereocenters. The second-order valence-electron chi connectivity index (χ2n) is 10.6. The van der Waals surface area contributed by atoms with E-state index in [2.05, 4.69) is 4.98 Å². The van der Waals surface area contributed by atoms with E-state index in [1.807, 2.05) is 23.1 Å². The molecular formula is C30H32N4O7. The van der Waals surface area contributed by atoms with Crippen molar-refractivity contribution in [1.29, 1.82) is 0 Å². The van der Waals surface area contributed by atoms with Crippen molar-refractivity contribution in [2.24, 2.45) is 0 Å². The monoisotopic (exact) mass is 560 g/mol. The summed E-state index contributed by atoms with van der Waals surface area (Å²) >= 11 is 0. The van der Waals surface area contributed by atoms with Gasteiger partial charge < -0.3 is 34.0 Å². The Balaban J connectivity index is 1.16. The molecule has 1 spiro atoms. The molecule has 3 aromatic rings. The minimum absolute atomic E-state index is 0.0128. The van der Waals surface area contributed by atoms with Gasteiger partial charge in [0.05, 0.1) is 32.7 Å². The van der Waals surface area contributed by atoms with Crippen LogP contribution in [0.2, 0.25) is 0 Å². The van der Waals surface area contributed by atoms with Crippen LogP contribution in [0.4, 0.5) is 5.69 Å². The molecule has 2 fully saturated rings. The van der Waals surface area contributed by atoms with Gasteiger partial charge in [-0.3, -0.25) is 14.4 Å². The number of aliphatic hydroxyl groups excluding tert-OH is 1. The zero-order valence-corrected chi connectivity index (χ0v) is 23.1. The predicted octanol–water partition coefficient (Wildman–Crippen LogP) is 2.49. The number of fused-ring (bicyclic) bond motifs is 2. The maximum atomic E-state index is 13.5. The van der Waals surface area contributed by atoms with Crippen LogP contribution in [0.15, 0.2) is 42.5 Å². The van der Waals surface area contributed by atoms with Gasteiger partial charge in [-0.25, -0.2) is 4.98 Å². The summed E-state index contributed by atoms with van der Waals surface area (Å²) in [7, 11) is 3.12. The van der Waals surface area contributed by atoms with E-state index in [1.165, 1.54) is 4.90 Å². The number of hydrogen-bond acceptors (Lipinski definition) is 9. The van der Waals surface area contributed by atoms with E-state index in [9.17, 15) is 19.5 Å². The first-order valence-electron chi connectivity index (χ1n) is 13.7. The zero-order valence-electron chi connectivity index (χ0n) is 23.1. The van der Waals surface area contributed by atoms with E-state index < -0.39 is 5.60 Å². The number of aliphatic hydroxyl groups is 1. The first kappa shape index (κ1) is 26.8. The highest BCUT2D eigenvalue weighted by Gasteiger charge is 2.44. The van der Waals surface area contributed by atoms with Crippen LogP contribution in [0.25, 0.3) is 10.9 Å². The van der Waals surface area contributed by atoms with Gasteiger partial charge in [0.1, 0.15) is 40.8 Å². The molecule has 0 radical (unpaired) electrons. The summed E-state index contributed by atoms with van der Waals surface area (Å²) in [5.41, 5.74) is 1.43. The fraction of sp³-hybridized carbons (Fsp3) is 0.400. The normalized spacial score (nSPS) is 18.4. The number of piperazine rings is 1. The lowest BCUT2D eigenvalue weighted by Gasteiger charge is -2.44. The Morgan fingerprint density at radius 3 is 2.51 bits per heavy atom. The van der Waals surface area contributed by atoms with Crippen molar-refractivity contribution < 1.29 is 33.7 Å². The third-order valence-corrected chi connectivity index (χ3v) is 8.31. The van der Waals surface area contributed by atoms with Crippen LogP contribution in [0.1, 0.15) is 40.1 Å². The van der Waals surface area contributed by atoms with Crippen LogP contribution in [-0.2, 0) is 4.79 Å². The molecule has 214 valence electrons. The lowest BCUT2D eigenvalue weighted by molar-refractivity contribution is -0.134. The molecule has 2 amide bonds. The molecule has 0 aliphatic carbocycles. The van der Waals surface area contributed by atoms with Crippen molar-refractivity contribution in [3.63, 3.8) is 0 Å². The Kier molecular flexibility index (Phi) is 6.90. The molecule has 1 N–H and O–H groups in total. The van der Waals surface area contributed by atoms with Gasteiger partial charge in [0, 0.05) is 56.2 Å². The Labute approximate surface area is 237 Å². The SMILES string of the molecule is COc1cc(C(=O)N2CCC3(CC2)CC(=O)c2cc(N4CCN(CO)C(=O)C4)ccc2O3)nc2c(OC)cccc12. The third-order valence-electron chi connectivity index (χ3n) is 8.31. The number of piperidine rings is 1. The number of anilines is 1. The quantitative estimate of drug-likeness (QED) is 0.502. The molecule has 1 aromatic heterocycles. The number of methoxy groups -OCH3 is 2. The molecular weight excluding hydrogens is 528 g/mol. The highest BCUT2D eigenvalue weighted by Crippen LogP contribution is 2.41. The van der Waals surface area contributed by atoms with E-state index in [0.717, 1.165) is 11.1 Å². The zero-order chi connectivity index (χ0) is 28.7. The number of carbonyl (C=O) groups excluding carboxylic acids is 3. The third kappa shape index (κ3) is 4.80. The standard InChI is InChI=1S/C30H32N4O7/c1-39-25-5-3-4-20-26(40-2)15-22(31-28(20)25)29(38)32-10-8-30(9-11-32)16-23(36)21-14-19(6-7-24(21)41-30)33-12-13-34(18-35)27(37)17-33/h3-7,14-15,35H,8-13,16-18H2,1-2H3. The highest BCUT2D eigenvalue weighted by molar-refractivity contribution is 6.02. The molecule has 11 nitrogen and oxygen atoms in total. The van der Waals surface area contributed by atoms with E-state index >= 15 is 0 Å². The summed E-state index contributed by atoms with van der Waals surface area (Å²) in [6.45, 7) is 1.68. The lowest BCUT2D eigenvalue weighted by atomic mass is 9.82. The van der Waals surface area contributed by atoms with Gasteiger partial charge in [-0.05, 0) is 30.3 Å². The van der Waals surface area contributed by atoms with E-state index in [0.29, 0.717) is 67.3 Å². The minimum Gasteiger partial charge on any atom is -0.496 e. The van der Waals surface area contributed by atoms with Crippen LogP contribution in [0.5, 0.6) is 17.2 Å². The van der Waals surface area contributed by atoms with Gasteiger partial charge in [-0.1, -0.05) is 6.07 Å². The number of rotatable bonds is 5. The average molecular weight is 561 g/mol. The molecule has 41 heavy (non-hydrogen) atoms. The number of hydrogen-bond donors (Lipinski definition) is 1. The number of likely N-dealkylation sites (tertiary alicyclic amines) is 1. The average Bonchev–Trinajstić information content (AvgIpc) is 3.00. The summed E-state index contributed by atoms with van der Waals surface area (Å²) in [5, 5.41) is 10.1. The fourth-order valence-electron chi connectivity index (χ4n) is 5.95. The smallest absolute Gasteiger partial charge is 0.272 e. The molecule has 2 aromatic carbocycles. The van der Waals surface area contributed by atoms with E-state index in [-0.39, 0.29) is 43.0 Å². The largest absolute Gasteiger partial charge is 0.496 e. The van der Waals surface area contributed by atoms with Gasteiger partial charge in [0.2, 0.25) is 5.91 Å². The van der Waals surface area contributed by atoms with Gasteiger partial charge in [-0.15, -0.1) is 0 Å². The summed E-state index contributed by atoms with van der Waals surface area (Å²) in [6, 6.07) is 12.6. The number of carbonyl (C=O) groups is 3. The van der Waals surface area contributed by atoms with Crippen LogP contribution in [-0.4, -0.2) is 96.8 Å². The van der Waals surface area contributed by atoms with Crippen LogP contribution in [0, 0.1) is 0 Å². The number of amides is 2. The number of nitrogens with zero attached hydrogens (tertiary/aromatic N) is 4. The molecule has 2 saturated heterocycles. The summed E-state index contributed by atoms with van der Waals surface area (Å²) in [5.74, 6) is 1.25. The van der Waals surface area contributed by atoms with E-state index in [1.54, 1.807) is 43.4 Å². The van der Waals surface area contributed by atoms with E-state index in [4.69, 9.17) is 14.2 Å². The number of aromatic nitrogens is 1. The molecule has 11 heteroatoms. The Morgan fingerprint density at radius 1 is 1.02 bits per heavy atom. The maximum Gasteiger partial charge on any atom is 0.272 e. The Bertz CT molecular complexity index is 1530. The number of pyridine rings is 1. The summed E-state index contributed by atoms with van der Waals surface area (Å²) < 4.78 is 17.5. The van der Waals surface area contributed by atoms with Gasteiger partial charge in [0.15, 0.2) is 5.78 Å². The number of para-hydroxylation sites is 1. The molecule has 4 heterocycles. The van der Waals surface area contributed by atoms with Crippen LogP contribution < -0.4 is 19.1 Å². The van der Waals surface area contributed by atoms with Crippen molar-refractivity contribution in [3.05, 3.63) is 53.7 Å². The summed E-state index contributed by atoms with van der Waals surface area (Å²) in [6.07, 6.45) is 1.25. The molecule has 6 rings (SSSR count). The fourth-order valence-corrected chi connectivity index (χ4v) is 5.95. The van der Waals surface area contributed by atoms with Crippen molar-refractivity contribution in [1.82, 2.24) is 14.8 Å². The van der Waals surface area contributed by atoms with Crippen molar-refractivity contribution >= 4 is 34.2 Å². The first-order valence-corrected chi connectivity index (χ1v) is 13.7. The number of benzene rings is 2. The number of ether oxygens (including phenoxy) is 3. The summed E-state index contributed by atoms with van der Waals surface area (Å²) in [4.78, 5) is 48.7. The van der Waals surface area contributed by atoms with Crippen molar-refractivity contribution in [2.75, 3.05) is 58.6 Å². The van der Waals surface area contributed by atoms with Gasteiger partial charge in [-0.2, -0.15) is 0 Å². The molecule has 3 aliphatic rings. The topological polar surface area (TPSA) is 122 Å². The Morgan fingerprint density at radius 2 is 1.80 bits per heavy atom. The van der Waals surface area contributed by atoms with Crippen molar-refractivity contribution in [3.8, 4) is 17.2 Å². The number of ketones is 1. The second kappa shape index (κ2) is 10.5. The minimum atomic E-state index is -0.678.